The second kappa shape index (κ2) is 7.33. The molecular weight excluding hydrogens is 276 g/mol. The third-order valence-electron chi connectivity index (χ3n) is 3.14. The van der Waals surface area contributed by atoms with E-state index in [2.05, 4.69) is 32.7 Å². The van der Waals surface area contributed by atoms with Gasteiger partial charge >= 0.3 is 0 Å². The lowest BCUT2D eigenvalue weighted by atomic mass is 10.0. The van der Waals surface area contributed by atoms with Crippen LogP contribution < -0.4 is 0 Å². The van der Waals surface area contributed by atoms with Crippen molar-refractivity contribution in [2.24, 2.45) is 0 Å². The van der Waals surface area contributed by atoms with E-state index in [9.17, 15) is 10.2 Å². The van der Waals surface area contributed by atoms with Gasteiger partial charge in [-0.05, 0) is 59.0 Å². The quantitative estimate of drug-likeness (QED) is 0.508. The van der Waals surface area contributed by atoms with Crippen molar-refractivity contribution in [3.63, 3.8) is 0 Å². The van der Waals surface area contributed by atoms with Gasteiger partial charge in [-0.1, -0.05) is 0 Å². The lowest BCUT2D eigenvalue weighted by molar-refractivity contribution is -0.130. The van der Waals surface area contributed by atoms with Crippen LogP contribution in [0.2, 0.25) is 38.8 Å². The zero-order chi connectivity index (χ0) is 15.3. The van der Waals surface area contributed by atoms with Crippen molar-refractivity contribution in [1.82, 2.24) is 0 Å². The van der Waals surface area contributed by atoms with Crippen molar-refractivity contribution in [2.45, 2.75) is 70.8 Å². The van der Waals surface area contributed by atoms with Crippen LogP contribution in [0.3, 0.4) is 0 Å². The Morgan fingerprint density at radius 2 is 1.68 bits per heavy atom. The molecule has 0 aliphatic rings. The van der Waals surface area contributed by atoms with E-state index in [0.717, 1.165) is 12.5 Å². The van der Waals surface area contributed by atoms with E-state index >= 15 is 0 Å². The number of ether oxygens (including phenoxy) is 1. The van der Waals surface area contributed by atoms with Crippen LogP contribution in [0.4, 0.5) is 0 Å². The monoisotopic (exact) mass is 308 g/mol. The van der Waals surface area contributed by atoms with Crippen LogP contribution in [0, 0.1) is 0 Å². The molecule has 4 nitrogen and oxygen atoms in total. The van der Waals surface area contributed by atoms with E-state index in [1.54, 1.807) is 13.8 Å². The first-order valence-electron chi connectivity index (χ1n) is 7.05. The zero-order valence-corrected chi connectivity index (χ0v) is 15.6. The number of aliphatic hydroxyl groups excluding tert-OH is 2. The van der Waals surface area contributed by atoms with E-state index in [1.807, 2.05) is 0 Å². The van der Waals surface area contributed by atoms with Gasteiger partial charge in [0.2, 0.25) is 0 Å². The molecule has 0 fully saturated rings. The van der Waals surface area contributed by atoms with Gasteiger partial charge in [-0.2, -0.15) is 0 Å². The lowest BCUT2D eigenvalue weighted by Gasteiger charge is -2.33. The van der Waals surface area contributed by atoms with Crippen molar-refractivity contribution in [1.29, 1.82) is 0 Å². The van der Waals surface area contributed by atoms with Crippen molar-refractivity contribution in [3.8, 4) is 0 Å². The number of aliphatic hydroxyl groups is 2. The molecule has 0 saturated carbocycles. The summed E-state index contributed by atoms with van der Waals surface area (Å²) in [6.07, 6.45) is 0.229. The molecular formula is C13H32O4Si2. The van der Waals surface area contributed by atoms with Crippen LogP contribution in [-0.4, -0.2) is 51.8 Å². The molecule has 0 amide bonds. The SMILES string of the molecule is CC(O)C(C)(CO)OCCC[Si](C)(C)O[Si](C)(C)C. The molecule has 0 aromatic rings. The highest BCUT2D eigenvalue weighted by Crippen LogP contribution is 2.21. The summed E-state index contributed by atoms with van der Waals surface area (Å²) in [5, 5.41) is 18.9. The van der Waals surface area contributed by atoms with Crippen LogP contribution in [-0.2, 0) is 8.85 Å². The molecule has 2 atom stereocenters. The smallest absolute Gasteiger partial charge is 0.173 e. The zero-order valence-electron chi connectivity index (χ0n) is 13.6. The maximum absolute atomic E-state index is 9.59. The minimum absolute atomic E-state index is 0.170. The fourth-order valence-electron chi connectivity index (χ4n) is 1.98. The second-order valence-corrected chi connectivity index (χ2v) is 16.1. The van der Waals surface area contributed by atoms with Crippen LogP contribution >= 0.6 is 0 Å². The van der Waals surface area contributed by atoms with E-state index in [0.29, 0.717) is 6.61 Å². The van der Waals surface area contributed by atoms with Gasteiger partial charge in [0.25, 0.3) is 0 Å². The molecule has 6 heteroatoms. The predicted molar refractivity (Wildman–Crippen MR) is 84.5 cm³/mol. The third-order valence-corrected chi connectivity index (χ3v) is 9.35. The summed E-state index contributed by atoms with van der Waals surface area (Å²) in [5.74, 6) is 0. The Morgan fingerprint density at radius 3 is 2.05 bits per heavy atom. The summed E-state index contributed by atoms with van der Waals surface area (Å²) in [4.78, 5) is 0. The number of hydrogen-bond donors (Lipinski definition) is 2. The van der Waals surface area contributed by atoms with E-state index in [4.69, 9.17) is 8.85 Å². The molecule has 19 heavy (non-hydrogen) atoms. The molecule has 0 aliphatic heterocycles. The van der Waals surface area contributed by atoms with Gasteiger partial charge in [0.1, 0.15) is 5.60 Å². The highest BCUT2D eigenvalue weighted by molar-refractivity contribution is 6.84. The molecule has 2 unspecified atom stereocenters. The van der Waals surface area contributed by atoms with Crippen LogP contribution in [0.25, 0.3) is 0 Å². The van der Waals surface area contributed by atoms with Crippen LogP contribution in [0.1, 0.15) is 20.3 Å². The molecule has 0 heterocycles. The minimum Gasteiger partial charge on any atom is -0.456 e. The van der Waals surface area contributed by atoms with Gasteiger partial charge in [0.15, 0.2) is 16.6 Å². The molecule has 0 aromatic heterocycles. The number of rotatable bonds is 9. The second-order valence-electron chi connectivity index (χ2n) is 7.07. The van der Waals surface area contributed by atoms with E-state index < -0.39 is 28.3 Å². The predicted octanol–water partition coefficient (Wildman–Crippen LogP) is 2.58. The highest BCUT2D eigenvalue weighted by Gasteiger charge is 2.32. The van der Waals surface area contributed by atoms with Crippen molar-refractivity contribution >= 4 is 16.6 Å². The molecule has 0 saturated heterocycles. The van der Waals surface area contributed by atoms with Crippen LogP contribution in [0.5, 0.6) is 0 Å². The summed E-state index contributed by atoms with van der Waals surface area (Å²) < 4.78 is 11.9. The third kappa shape index (κ3) is 8.21. The normalized spacial score (nSPS) is 18.2. The highest BCUT2D eigenvalue weighted by atomic mass is 28.4. The molecule has 0 aromatic carbocycles. The first kappa shape index (κ1) is 19.3. The Balaban J connectivity index is 4.10. The summed E-state index contributed by atoms with van der Waals surface area (Å²) >= 11 is 0. The van der Waals surface area contributed by atoms with E-state index in [1.165, 1.54) is 0 Å². The van der Waals surface area contributed by atoms with Crippen molar-refractivity contribution in [2.75, 3.05) is 13.2 Å². The Bertz CT molecular complexity index is 264. The molecule has 0 bridgehead atoms. The first-order valence-corrected chi connectivity index (χ1v) is 13.6. The minimum atomic E-state index is -1.62. The Hall–Kier alpha value is 0.274. The van der Waals surface area contributed by atoms with Gasteiger partial charge in [-0.15, -0.1) is 0 Å². The largest absolute Gasteiger partial charge is 0.456 e. The lowest BCUT2D eigenvalue weighted by Crippen LogP contribution is -2.45. The Morgan fingerprint density at radius 1 is 1.16 bits per heavy atom. The first-order chi connectivity index (χ1) is 8.42. The fraction of sp³-hybridized carbons (Fsp3) is 1.00. The van der Waals surface area contributed by atoms with E-state index in [-0.39, 0.29) is 6.61 Å². The van der Waals surface area contributed by atoms with Crippen molar-refractivity contribution < 1.29 is 19.1 Å². The molecule has 0 rings (SSSR count). The number of hydrogen-bond acceptors (Lipinski definition) is 4. The summed E-state index contributed by atoms with van der Waals surface area (Å²) in [7, 11) is -3.09. The van der Waals surface area contributed by atoms with Gasteiger partial charge in [-0.3, -0.25) is 0 Å². The summed E-state index contributed by atoms with van der Waals surface area (Å²) in [5.41, 5.74) is -0.856. The maximum atomic E-state index is 9.59. The van der Waals surface area contributed by atoms with Crippen molar-refractivity contribution in [3.05, 3.63) is 0 Å². The summed E-state index contributed by atoms with van der Waals surface area (Å²) in [6, 6.07) is 1.04. The topological polar surface area (TPSA) is 58.9 Å². The van der Waals surface area contributed by atoms with Gasteiger partial charge < -0.3 is 19.1 Å². The molecule has 0 spiro atoms. The summed E-state index contributed by atoms with van der Waals surface area (Å²) in [6.45, 7) is 14.9. The van der Waals surface area contributed by atoms with Gasteiger partial charge in [0.05, 0.1) is 12.7 Å². The fourth-order valence-corrected chi connectivity index (χ4v) is 10.0. The Labute approximate surface area is 120 Å². The maximum Gasteiger partial charge on any atom is 0.173 e. The molecule has 2 N–H and O–H groups in total. The average molecular weight is 309 g/mol. The Kier molecular flexibility index (Phi) is 7.44. The van der Waals surface area contributed by atoms with Gasteiger partial charge in [0, 0.05) is 6.61 Å². The molecule has 0 aliphatic carbocycles. The molecule has 116 valence electrons. The van der Waals surface area contributed by atoms with Crippen LogP contribution in [0.15, 0.2) is 0 Å². The van der Waals surface area contributed by atoms with Gasteiger partial charge in [-0.25, -0.2) is 0 Å². The standard InChI is InChI=1S/C13H32O4Si2/c1-12(15)13(2,11-14)16-9-8-10-19(6,7)17-18(3,4)5/h12,14-15H,8-11H2,1-7H3. The molecule has 0 radical (unpaired) electrons. The average Bonchev–Trinajstić information content (AvgIpc) is 2.20.